The number of sulfonamides is 1. The van der Waals surface area contributed by atoms with Crippen molar-refractivity contribution in [1.82, 2.24) is 9.21 Å². The second kappa shape index (κ2) is 9.21. The molecule has 0 bridgehead atoms. The van der Waals surface area contributed by atoms with Crippen molar-refractivity contribution < 1.29 is 17.9 Å². The molecule has 1 amide bonds. The number of hydrogen-bond donors (Lipinski definition) is 1. The van der Waals surface area contributed by atoms with E-state index in [0.717, 1.165) is 57.5 Å². The minimum atomic E-state index is -3.62. The van der Waals surface area contributed by atoms with Crippen molar-refractivity contribution in [2.75, 3.05) is 69.7 Å². The summed E-state index contributed by atoms with van der Waals surface area (Å²) in [4.78, 5) is 17.6. The molecule has 2 heterocycles. The molecule has 1 saturated carbocycles. The molecule has 1 N–H and O–H groups in total. The quantitative estimate of drug-likeness (QED) is 0.755. The monoisotopic (exact) mass is 436 g/mol. The van der Waals surface area contributed by atoms with Crippen LogP contribution in [0.3, 0.4) is 0 Å². The van der Waals surface area contributed by atoms with Crippen LogP contribution in [0.5, 0.6) is 0 Å². The highest BCUT2D eigenvalue weighted by Gasteiger charge is 2.29. The molecule has 2 saturated heterocycles. The summed E-state index contributed by atoms with van der Waals surface area (Å²) < 4.78 is 33.1. The molecule has 1 aromatic carbocycles. The summed E-state index contributed by atoms with van der Waals surface area (Å²) in [5.74, 6) is 0.0219. The topological polar surface area (TPSA) is 82.2 Å². The molecule has 2 aliphatic heterocycles. The van der Waals surface area contributed by atoms with E-state index in [-0.39, 0.29) is 16.7 Å². The molecule has 0 spiro atoms. The maximum Gasteiger partial charge on any atom is 0.243 e. The Balaban J connectivity index is 1.63. The number of hydrogen-bond acceptors (Lipinski definition) is 6. The van der Waals surface area contributed by atoms with Gasteiger partial charge in [-0.15, -0.1) is 0 Å². The number of carbonyl (C=O) groups excluding carboxylic acids is 1. The number of morpholine rings is 1. The highest BCUT2D eigenvalue weighted by Crippen LogP contribution is 2.33. The summed E-state index contributed by atoms with van der Waals surface area (Å²) in [7, 11) is -1.52. The van der Waals surface area contributed by atoms with Gasteiger partial charge in [-0.3, -0.25) is 4.79 Å². The van der Waals surface area contributed by atoms with E-state index in [2.05, 4.69) is 22.2 Å². The molecule has 4 rings (SSSR count). The van der Waals surface area contributed by atoms with E-state index < -0.39 is 10.0 Å². The fourth-order valence-electron chi connectivity index (χ4n) is 4.46. The number of rotatable bonds is 5. The van der Waals surface area contributed by atoms with Gasteiger partial charge in [0.05, 0.1) is 29.5 Å². The Morgan fingerprint density at radius 2 is 1.70 bits per heavy atom. The summed E-state index contributed by atoms with van der Waals surface area (Å²) in [6.07, 6.45) is 3.96. The Morgan fingerprint density at radius 3 is 2.37 bits per heavy atom. The van der Waals surface area contributed by atoms with Gasteiger partial charge in [0.1, 0.15) is 0 Å². The lowest BCUT2D eigenvalue weighted by Crippen LogP contribution is -2.45. The van der Waals surface area contributed by atoms with Crippen LogP contribution in [0.2, 0.25) is 0 Å². The van der Waals surface area contributed by atoms with E-state index in [9.17, 15) is 13.2 Å². The standard InChI is InChI=1S/C21H32N4O4S/c1-23-8-10-24(11-9-23)20-7-6-18(30(27,28)25-12-14-29-15-13-25)16-19(20)22-21(26)17-4-2-3-5-17/h6-7,16-17H,2-5,8-15H2,1H3,(H,22,26). The minimum Gasteiger partial charge on any atom is -0.379 e. The number of anilines is 2. The lowest BCUT2D eigenvalue weighted by molar-refractivity contribution is -0.119. The molecular formula is C21H32N4O4S. The van der Waals surface area contributed by atoms with Crippen molar-refractivity contribution in [2.24, 2.45) is 5.92 Å². The summed E-state index contributed by atoms with van der Waals surface area (Å²) >= 11 is 0. The molecule has 0 radical (unpaired) electrons. The smallest absolute Gasteiger partial charge is 0.243 e. The fraction of sp³-hybridized carbons (Fsp3) is 0.667. The van der Waals surface area contributed by atoms with Gasteiger partial charge < -0.3 is 19.9 Å². The SMILES string of the molecule is CN1CCN(c2ccc(S(=O)(=O)N3CCOCC3)cc2NC(=O)C2CCCC2)CC1. The summed E-state index contributed by atoms with van der Waals surface area (Å²) in [5.41, 5.74) is 1.50. The molecule has 0 unspecified atom stereocenters. The average Bonchev–Trinajstić information content (AvgIpc) is 3.30. The maximum atomic E-state index is 13.1. The van der Waals surface area contributed by atoms with E-state index in [0.29, 0.717) is 32.0 Å². The Morgan fingerprint density at radius 1 is 1.03 bits per heavy atom. The first-order chi connectivity index (χ1) is 14.4. The Labute approximate surface area is 179 Å². The molecule has 1 aliphatic carbocycles. The third kappa shape index (κ3) is 4.64. The van der Waals surface area contributed by atoms with Gasteiger partial charge in [-0.1, -0.05) is 12.8 Å². The van der Waals surface area contributed by atoms with Crippen LogP contribution in [-0.4, -0.2) is 83.1 Å². The number of nitrogens with one attached hydrogen (secondary N) is 1. The first-order valence-corrected chi connectivity index (χ1v) is 12.4. The first-order valence-electron chi connectivity index (χ1n) is 10.9. The van der Waals surface area contributed by atoms with Crippen LogP contribution in [0.15, 0.2) is 23.1 Å². The summed E-state index contributed by atoms with van der Waals surface area (Å²) in [6.45, 7) is 5.08. The van der Waals surface area contributed by atoms with E-state index >= 15 is 0 Å². The normalized spacial score (nSPS) is 22.4. The summed E-state index contributed by atoms with van der Waals surface area (Å²) in [6, 6.07) is 5.16. The van der Waals surface area contributed by atoms with Crippen molar-refractivity contribution in [2.45, 2.75) is 30.6 Å². The van der Waals surface area contributed by atoms with Crippen LogP contribution in [0.25, 0.3) is 0 Å². The van der Waals surface area contributed by atoms with Crippen LogP contribution in [-0.2, 0) is 19.6 Å². The first kappa shape index (κ1) is 21.5. The van der Waals surface area contributed by atoms with Gasteiger partial charge in [0.15, 0.2) is 0 Å². The Kier molecular flexibility index (Phi) is 6.62. The second-order valence-electron chi connectivity index (χ2n) is 8.46. The van der Waals surface area contributed by atoms with E-state index in [1.165, 1.54) is 4.31 Å². The Hall–Kier alpha value is -1.68. The predicted octanol–water partition coefficient (Wildman–Crippen LogP) is 1.59. The van der Waals surface area contributed by atoms with Gasteiger partial charge in [-0.05, 0) is 38.1 Å². The van der Waals surface area contributed by atoms with Gasteiger partial charge >= 0.3 is 0 Å². The third-order valence-electron chi connectivity index (χ3n) is 6.40. The molecule has 166 valence electrons. The molecule has 8 nitrogen and oxygen atoms in total. The van der Waals surface area contributed by atoms with Crippen molar-refractivity contribution in [1.29, 1.82) is 0 Å². The van der Waals surface area contributed by atoms with Crippen molar-refractivity contribution in [3.63, 3.8) is 0 Å². The molecular weight excluding hydrogens is 404 g/mol. The van der Waals surface area contributed by atoms with E-state index in [4.69, 9.17) is 4.74 Å². The average molecular weight is 437 g/mol. The van der Waals surface area contributed by atoms with Gasteiger partial charge in [0.25, 0.3) is 0 Å². The molecule has 1 aromatic rings. The lowest BCUT2D eigenvalue weighted by atomic mass is 10.1. The van der Waals surface area contributed by atoms with E-state index in [1.807, 2.05) is 6.07 Å². The largest absolute Gasteiger partial charge is 0.379 e. The lowest BCUT2D eigenvalue weighted by Gasteiger charge is -2.35. The minimum absolute atomic E-state index is 0.00352. The van der Waals surface area contributed by atoms with Crippen LogP contribution in [0, 0.1) is 5.92 Å². The fourth-order valence-corrected chi connectivity index (χ4v) is 5.89. The number of likely N-dealkylation sites (N-methyl/N-ethyl adjacent to an activating group) is 1. The zero-order chi connectivity index (χ0) is 21.1. The number of benzene rings is 1. The molecule has 0 aromatic heterocycles. The van der Waals surface area contributed by atoms with Gasteiger partial charge in [0, 0.05) is 45.2 Å². The number of piperazine rings is 1. The predicted molar refractivity (Wildman–Crippen MR) is 116 cm³/mol. The molecule has 0 atom stereocenters. The van der Waals surface area contributed by atoms with Gasteiger partial charge in [0.2, 0.25) is 15.9 Å². The zero-order valence-electron chi connectivity index (χ0n) is 17.7. The van der Waals surface area contributed by atoms with Crippen LogP contribution in [0.4, 0.5) is 11.4 Å². The molecule has 30 heavy (non-hydrogen) atoms. The maximum absolute atomic E-state index is 13.1. The highest BCUT2D eigenvalue weighted by molar-refractivity contribution is 7.89. The molecule has 9 heteroatoms. The van der Waals surface area contributed by atoms with Gasteiger partial charge in [-0.2, -0.15) is 4.31 Å². The highest BCUT2D eigenvalue weighted by atomic mass is 32.2. The molecule has 3 aliphatic rings. The van der Waals surface area contributed by atoms with Crippen molar-refractivity contribution >= 4 is 27.3 Å². The van der Waals surface area contributed by atoms with E-state index in [1.54, 1.807) is 12.1 Å². The van der Waals surface area contributed by atoms with Crippen LogP contribution in [0.1, 0.15) is 25.7 Å². The van der Waals surface area contributed by atoms with Crippen molar-refractivity contribution in [3.05, 3.63) is 18.2 Å². The van der Waals surface area contributed by atoms with Gasteiger partial charge in [-0.25, -0.2) is 8.42 Å². The number of ether oxygens (including phenoxy) is 1. The Bertz CT molecular complexity index is 856. The third-order valence-corrected chi connectivity index (χ3v) is 8.30. The zero-order valence-corrected chi connectivity index (χ0v) is 18.5. The summed E-state index contributed by atoms with van der Waals surface area (Å²) in [5, 5.41) is 3.07. The molecule has 3 fully saturated rings. The second-order valence-corrected chi connectivity index (χ2v) is 10.4. The van der Waals surface area contributed by atoms with Crippen molar-refractivity contribution in [3.8, 4) is 0 Å². The number of carbonyl (C=O) groups is 1. The number of nitrogens with zero attached hydrogens (tertiary/aromatic N) is 3. The number of amides is 1. The van der Waals surface area contributed by atoms with Crippen LogP contribution < -0.4 is 10.2 Å². The van der Waals surface area contributed by atoms with Crippen LogP contribution >= 0.6 is 0 Å².